The second kappa shape index (κ2) is 6.14. The molecule has 1 aliphatic heterocycles. The molecule has 124 valence electrons. The highest BCUT2D eigenvalue weighted by atomic mass is 16.2. The highest BCUT2D eigenvalue weighted by Crippen LogP contribution is 2.34. The van der Waals surface area contributed by atoms with E-state index >= 15 is 0 Å². The zero-order chi connectivity index (χ0) is 16.4. The van der Waals surface area contributed by atoms with Crippen molar-refractivity contribution in [1.29, 1.82) is 0 Å². The number of carbonyl (C=O) groups excluding carboxylic acids is 2. The average molecular weight is 317 g/mol. The van der Waals surface area contributed by atoms with Crippen LogP contribution in [0.25, 0.3) is 0 Å². The Kier molecular flexibility index (Phi) is 4.19. The number of imide groups is 1. The van der Waals surface area contributed by atoms with E-state index < -0.39 is 5.54 Å². The topological polar surface area (TPSA) is 87.2 Å². The van der Waals surface area contributed by atoms with Crippen LogP contribution in [0.1, 0.15) is 43.6 Å². The van der Waals surface area contributed by atoms with Crippen molar-refractivity contribution in [1.82, 2.24) is 20.2 Å². The van der Waals surface area contributed by atoms with E-state index in [-0.39, 0.29) is 11.9 Å². The molecule has 1 spiro atoms. The van der Waals surface area contributed by atoms with Crippen LogP contribution in [0.5, 0.6) is 0 Å². The Hall–Kier alpha value is -2.18. The number of aryl methyl sites for hydroxylation is 2. The summed E-state index contributed by atoms with van der Waals surface area (Å²) in [6, 6.07) is 1.64. The number of nitrogens with one attached hydrogen (secondary N) is 2. The quantitative estimate of drug-likeness (QED) is 0.638. The third-order valence-electron chi connectivity index (χ3n) is 4.53. The maximum absolute atomic E-state index is 12.5. The summed E-state index contributed by atoms with van der Waals surface area (Å²) in [7, 11) is 0. The number of hydrogen-bond acceptors (Lipinski definition) is 5. The zero-order valence-electron chi connectivity index (χ0n) is 13.7. The predicted octanol–water partition coefficient (Wildman–Crippen LogP) is 1.76. The summed E-state index contributed by atoms with van der Waals surface area (Å²) in [6.07, 6.45) is 4.25. The number of anilines is 1. The lowest BCUT2D eigenvalue weighted by atomic mass is 9.98. The van der Waals surface area contributed by atoms with Crippen LogP contribution in [0.2, 0.25) is 0 Å². The Morgan fingerprint density at radius 1 is 1.26 bits per heavy atom. The molecule has 3 amide bonds. The minimum Gasteiger partial charge on any atom is -0.370 e. The first-order chi connectivity index (χ1) is 11.0. The summed E-state index contributed by atoms with van der Waals surface area (Å²) >= 11 is 0. The Morgan fingerprint density at radius 2 is 2.00 bits per heavy atom. The van der Waals surface area contributed by atoms with Crippen LogP contribution in [0.3, 0.4) is 0 Å². The number of carbonyl (C=O) groups is 2. The number of aromatic nitrogens is 2. The van der Waals surface area contributed by atoms with E-state index in [2.05, 4.69) is 20.6 Å². The highest BCUT2D eigenvalue weighted by molar-refractivity contribution is 6.07. The van der Waals surface area contributed by atoms with Crippen molar-refractivity contribution in [2.75, 3.05) is 18.4 Å². The van der Waals surface area contributed by atoms with Crippen LogP contribution < -0.4 is 10.6 Å². The van der Waals surface area contributed by atoms with Crippen LogP contribution in [0.15, 0.2) is 6.07 Å². The lowest BCUT2D eigenvalue weighted by Gasteiger charge is -2.20. The molecule has 0 atom stereocenters. The molecule has 1 saturated carbocycles. The van der Waals surface area contributed by atoms with Crippen molar-refractivity contribution in [3.63, 3.8) is 0 Å². The average Bonchev–Trinajstić information content (AvgIpc) is 3.03. The number of amides is 3. The van der Waals surface area contributed by atoms with Crippen molar-refractivity contribution in [3.8, 4) is 0 Å². The second-order valence-electron chi connectivity index (χ2n) is 6.40. The molecule has 0 radical (unpaired) electrons. The Balaban J connectivity index is 1.51. The summed E-state index contributed by atoms with van der Waals surface area (Å²) in [4.78, 5) is 34.5. The number of urea groups is 1. The maximum Gasteiger partial charge on any atom is 0.325 e. The Bertz CT molecular complexity index is 605. The molecule has 0 bridgehead atoms. The van der Waals surface area contributed by atoms with Gasteiger partial charge >= 0.3 is 6.03 Å². The van der Waals surface area contributed by atoms with Crippen LogP contribution in [0.4, 0.5) is 10.6 Å². The van der Waals surface area contributed by atoms with E-state index in [1.807, 2.05) is 19.9 Å². The fourth-order valence-corrected chi connectivity index (χ4v) is 3.46. The molecule has 1 saturated heterocycles. The number of rotatable bonds is 5. The number of nitrogens with zero attached hydrogens (tertiary/aromatic N) is 3. The molecule has 3 rings (SSSR count). The molecule has 1 aromatic heterocycles. The summed E-state index contributed by atoms with van der Waals surface area (Å²) in [5, 5.41) is 6.12. The largest absolute Gasteiger partial charge is 0.370 e. The van der Waals surface area contributed by atoms with Crippen molar-refractivity contribution < 1.29 is 9.59 Å². The first kappa shape index (κ1) is 15.7. The smallest absolute Gasteiger partial charge is 0.325 e. The summed E-state index contributed by atoms with van der Waals surface area (Å²) in [5.74, 6) is 1.46. The van der Waals surface area contributed by atoms with E-state index in [4.69, 9.17) is 0 Å². The van der Waals surface area contributed by atoms with Gasteiger partial charge in [-0.2, -0.15) is 0 Å². The lowest BCUT2D eigenvalue weighted by Crippen LogP contribution is -2.44. The van der Waals surface area contributed by atoms with Crippen molar-refractivity contribution in [2.24, 2.45) is 0 Å². The van der Waals surface area contributed by atoms with E-state index in [9.17, 15) is 9.59 Å². The molecule has 7 nitrogen and oxygen atoms in total. The van der Waals surface area contributed by atoms with Crippen LogP contribution in [0, 0.1) is 13.8 Å². The van der Waals surface area contributed by atoms with E-state index in [1.165, 1.54) is 4.90 Å². The van der Waals surface area contributed by atoms with Gasteiger partial charge < -0.3 is 10.6 Å². The van der Waals surface area contributed by atoms with Crippen LogP contribution >= 0.6 is 0 Å². The summed E-state index contributed by atoms with van der Waals surface area (Å²) in [5.41, 5.74) is 0.308. The van der Waals surface area contributed by atoms with E-state index in [0.29, 0.717) is 19.5 Å². The highest BCUT2D eigenvalue weighted by Gasteiger charge is 2.51. The normalized spacial score (nSPS) is 19.5. The first-order valence-electron chi connectivity index (χ1n) is 8.20. The lowest BCUT2D eigenvalue weighted by molar-refractivity contribution is -0.131. The molecule has 7 heteroatoms. The third kappa shape index (κ3) is 3.13. The van der Waals surface area contributed by atoms with Gasteiger partial charge in [0.05, 0.1) is 0 Å². The molecule has 2 fully saturated rings. The molecule has 1 aliphatic carbocycles. The maximum atomic E-state index is 12.5. The molecular formula is C16H23N5O2. The summed E-state index contributed by atoms with van der Waals surface area (Å²) < 4.78 is 0. The van der Waals surface area contributed by atoms with Crippen molar-refractivity contribution >= 4 is 17.8 Å². The standard InChI is InChI=1S/C16H23N5O2/c1-11-10-13(19-12(2)18-11)17-8-5-9-21-14(22)16(20-15(21)23)6-3-4-7-16/h10H,3-9H2,1-2H3,(H,20,23)(H,17,18,19). The molecule has 23 heavy (non-hydrogen) atoms. The molecule has 2 heterocycles. The monoisotopic (exact) mass is 317 g/mol. The van der Waals surface area contributed by atoms with E-state index in [1.54, 1.807) is 0 Å². The van der Waals surface area contributed by atoms with Gasteiger partial charge in [0.15, 0.2) is 0 Å². The zero-order valence-corrected chi connectivity index (χ0v) is 13.7. The minimum atomic E-state index is -0.606. The molecule has 0 unspecified atom stereocenters. The second-order valence-corrected chi connectivity index (χ2v) is 6.40. The van der Waals surface area contributed by atoms with Gasteiger partial charge in [-0.05, 0) is 33.1 Å². The van der Waals surface area contributed by atoms with Crippen LogP contribution in [-0.2, 0) is 4.79 Å². The van der Waals surface area contributed by atoms with Gasteiger partial charge in [-0.25, -0.2) is 14.8 Å². The summed E-state index contributed by atoms with van der Waals surface area (Å²) in [6.45, 7) is 4.86. The molecule has 2 N–H and O–H groups in total. The van der Waals surface area contributed by atoms with Crippen molar-refractivity contribution in [2.45, 2.75) is 51.5 Å². The van der Waals surface area contributed by atoms with E-state index in [0.717, 1.165) is 43.0 Å². The van der Waals surface area contributed by atoms with Crippen LogP contribution in [-0.4, -0.2) is 45.4 Å². The van der Waals surface area contributed by atoms with Crippen molar-refractivity contribution in [3.05, 3.63) is 17.6 Å². The predicted molar refractivity (Wildman–Crippen MR) is 86.1 cm³/mol. The van der Waals surface area contributed by atoms with Gasteiger partial charge in [0, 0.05) is 24.8 Å². The molecule has 0 aromatic carbocycles. The number of hydrogen-bond donors (Lipinski definition) is 2. The molecule has 1 aromatic rings. The van der Waals surface area contributed by atoms with Gasteiger partial charge in [-0.15, -0.1) is 0 Å². The fraction of sp³-hybridized carbons (Fsp3) is 0.625. The molecule has 2 aliphatic rings. The van der Waals surface area contributed by atoms with Gasteiger partial charge in [-0.1, -0.05) is 12.8 Å². The first-order valence-corrected chi connectivity index (χ1v) is 8.20. The van der Waals surface area contributed by atoms with Gasteiger partial charge in [0.1, 0.15) is 17.2 Å². The SMILES string of the molecule is Cc1cc(NCCCN2C(=O)NC3(CCCC3)C2=O)nc(C)n1. The Morgan fingerprint density at radius 3 is 2.70 bits per heavy atom. The van der Waals surface area contributed by atoms with Gasteiger partial charge in [-0.3, -0.25) is 9.69 Å². The Labute approximate surface area is 135 Å². The van der Waals surface area contributed by atoms with Gasteiger partial charge in [0.25, 0.3) is 5.91 Å². The third-order valence-corrected chi connectivity index (χ3v) is 4.53. The molecular weight excluding hydrogens is 294 g/mol. The van der Waals surface area contributed by atoms with Gasteiger partial charge in [0.2, 0.25) is 0 Å². The fourth-order valence-electron chi connectivity index (χ4n) is 3.46. The minimum absolute atomic E-state index is 0.0475.